The van der Waals surface area contributed by atoms with Crippen molar-refractivity contribution >= 4 is 35.0 Å². The Morgan fingerprint density at radius 3 is 2.59 bits per heavy atom. The van der Waals surface area contributed by atoms with E-state index >= 15 is 0 Å². The number of hydrogen-bond donors (Lipinski definition) is 2. The van der Waals surface area contributed by atoms with E-state index in [9.17, 15) is 9.59 Å². The van der Waals surface area contributed by atoms with Crippen LogP contribution in [0, 0.1) is 0 Å². The highest BCUT2D eigenvalue weighted by Gasteiger charge is 2.17. The van der Waals surface area contributed by atoms with Crippen LogP contribution in [0.15, 0.2) is 42.5 Å². The highest BCUT2D eigenvalue weighted by Crippen LogP contribution is 2.28. The second-order valence-corrected chi connectivity index (χ2v) is 6.70. The number of hydrazine groups is 1. The van der Waals surface area contributed by atoms with Gasteiger partial charge >= 0.3 is 0 Å². The van der Waals surface area contributed by atoms with E-state index in [1.165, 1.54) is 13.0 Å². The van der Waals surface area contributed by atoms with Crippen molar-refractivity contribution in [3.63, 3.8) is 0 Å². The minimum atomic E-state index is -0.901. The SMILES string of the molecule is CCOCCOc1cccc(C(=O)NNC(=O)C(C)Oc2ccc(Cl)cc2Cl)c1. The molecule has 0 aliphatic rings. The van der Waals surface area contributed by atoms with Gasteiger partial charge in [-0.3, -0.25) is 20.4 Å². The van der Waals surface area contributed by atoms with Gasteiger partial charge in [0.15, 0.2) is 6.10 Å². The van der Waals surface area contributed by atoms with Crippen LogP contribution in [0.3, 0.4) is 0 Å². The van der Waals surface area contributed by atoms with Crippen LogP contribution in [0.4, 0.5) is 0 Å². The molecule has 2 rings (SSSR count). The van der Waals surface area contributed by atoms with Gasteiger partial charge in [-0.15, -0.1) is 0 Å². The Morgan fingerprint density at radius 1 is 1.07 bits per heavy atom. The zero-order chi connectivity index (χ0) is 21.2. The number of carbonyl (C=O) groups excluding carboxylic acids is 2. The van der Waals surface area contributed by atoms with Crippen LogP contribution >= 0.6 is 23.2 Å². The summed E-state index contributed by atoms with van der Waals surface area (Å²) in [6, 6.07) is 11.2. The number of halogens is 2. The first kappa shape index (κ1) is 22.8. The summed E-state index contributed by atoms with van der Waals surface area (Å²) in [6.45, 7) is 4.86. The van der Waals surface area contributed by atoms with Crippen molar-refractivity contribution < 1.29 is 23.8 Å². The maximum Gasteiger partial charge on any atom is 0.279 e. The minimum absolute atomic E-state index is 0.280. The Labute approximate surface area is 179 Å². The third-order valence-corrected chi connectivity index (χ3v) is 4.19. The molecule has 0 saturated carbocycles. The van der Waals surface area contributed by atoms with Gasteiger partial charge in [-0.1, -0.05) is 29.3 Å². The Bertz CT molecular complexity index is 847. The minimum Gasteiger partial charge on any atom is -0.491 e. The molecule has 0 saturated heterocycles. The van der Waals surface area contributed by atoms with Gasteiger partial charge in [0.05, 0.1) is 11.6 Å². The molecule has 29 heavy (non-hydrogen) atoms. The first-order valence-electron chi connectivity index (χ1n) is 8.93. The first-order valence-corrected chi connectivity index (χ1v) is 9.68. The van der Waals surface area contributed by atoms with Crippen molar-refractivity contribution in [3.05, 3.63) is 58.1 Å². The standard InChI is InChI=1S/C20H22Cl2N2O5/c1-3-27-9-10-28-16-6-4-5-14(11-16)20(26)24-23-19(25)13(2)29-18-8-7-15(21)12-17(18)22/h4-8,11-13H,3,9-10H2,1-2H3,(H,23,25)(H,24,26). The van der Waals surface area contributed by atoms with Gasteiger partial charge in [0.2, 0.25) is 0 Å². The van der Waals surface area contributed by atoms with Crippen LogP contribution < -0.4 is 20.3 Å². The zero-order valence-electron chi connectivity index (χ0n) is 16.0. The van der Waals surface area contributed by atoms with Crippen LogP contribution in [0.2, 0.25) is 10.0 Å². The van der Waals surface area contributed by atoms with E-state index in [1.54, 1.807) is 36.4 Å². The summed E-state index contributed by atoms with van der Waals surface area (Å²) in [4.78, 5) is 24.4. The van der Waals surface area contributed by atoms with Gasteiger partial charge < -0.3 is 14.2 Å². The lowest BCUT2D eigenvalue weighted by Gasteiger charge is -2.16. The number of ether oxygens (including phenoxy) is 3. The van der Waals surface area contributed by atoms with Gasteiger partial charge in [0.25, 0.3) is 11.8 Å². The molecule has 156 valence electrons. The number of benzene rings is 2. The van der Waals surface area contributed by atoms with Crippen LogP contribution in [0.25, 0.3) is 0 Å². The predicted octanol–water partition coefficient (Wildman–Crippen LogP) is 3.64. The summed E-state index contributed by atoms with van der Waals surface area (Å²) >= 11 is 11.9. The quantitative estimate of drug-likeness (QED) is 0.459. The Balaban J connectivity index is 1.85. The number of carbonyl (C=O) groups is 2. The van der Waals surface area contributed by atoms with Crippen LogP contribution in [-0.4, -0.2) is 37.7 Å². The molecule has 2 N–H and O–H groups in total. The smallest absolute Gasteiger partial charge is 0.279 e. The van der Waals surface area contributed by atoms with E-state index in [-0.39, 0.29) is 5.02 Å². The average Bonchev–Trinajstić information content (AvgIpc) is 2.71. The monoisotopic (exact) mass is 440 g/mol. The number of hydrogen-bond acceptors (Lipinski definition) is 5. The summed E-state index contributed by atoms with van der Waals surface area (Å²) < 4.78 is 16.2. The first-order chi connectivity index (χ1) is 13.9. The molecule has 0 aliphatic carbocycles. The summed E-state index contributed by atoms with van der Waals surface area (Å²) in [5, 5.41) is 0.734. The van der Waals surface area contributed by atoms with E-state index < -0.39 is 17.9 Å². The molecule has 0 aliphatic heterocycles. The molecule has 0 bridgehead atoms. The van der Waals surface area contributed by atoms with E-state index in [4.69, 9.17) is 37.4 Å². The van der Waals surface area contributed by atoms with Crippen molar-refractivity contribution in [3.8, 4) is 11.5 Å². The number of nitrogens with one attached hydrogen (secondary N) is 2. The molecule has 7 nitrogen and oxygen atoms in total. The third kappa shape index (κ3) is 7.45. The van der Waals surface area contributed by atoms with Crippen molar-refractivity contribution in [2.75, 3.05) is 19.8 Å². The van der Waals surface area contributed by atoms with Crippen molar-refractivity contribution in [2.45, 2.75) is 20.0 Å². The zero-order valence-corrected chi connectivity index (χ0v) is 17.5. The van der Waals surface area contributed by atoms with E-state index in [0.717, 1.165) is 0 Å². The Morgan fingerprint density at radius 2 is 1.86 bits per heavy atom. The molecule has 2 aromatic carbocycles. The van der Waals surface area contributed by atoms with Crippen molar-refractivity contribution in [2.24, 2.45) is 0 Å². The topological polar surface area (TPSA) is 85.9 Å². The molecule has 2 amide bonds. The molecule has 0 heterocycles. The molecule has 2 aromatic rings. The molecule has 1 unspecified atom stereocenters. The lowest BCUT2D eigenvalue weighted by Crippen LogP contribution is -2.47. The molecule has 0 aromatic heterocycles. The summed E-state index contributed by atoms with van der Waals surface area (Å²) in [5.74, 6) is -0.210. The number of amides is 2. The lowest BCUT2D eigenvalue weighted by atomic mass is 10.2. The maximum atomic E-state index is 12.3. The van der Waals surface area contributed by atoms with Gasteiger partial charge in [0.1, 0.15) is 18.1 Å². The van der Waals surface area contributed by atoms with Gasteiger partial charge in [-0.05, 0) is 50.2 Å². The molecule has 0 spiro atoms. The van der Waals surface area contributed by atoms with E-state index in [2.05, 4.69) is 10.9 Å². The highest BCUT2D eigenvalue weighted by atomic mass is 35.5. The Kier molecular flexibility index (Phi) is 9.05. The average molecular weight is 441 g/mol. The van der Waals surface area contributed by atoms with Crippen LogP contribution in [0.5, 0.6) is 11.5 Å². The molecular formula is C20H22Cl2N2O5. The molecule has 0 radical (unpaired) electrons. The highest BCUT2D eigenvalue weighted by molar-refractivity contribution is 6.35. The molecule has 0 fully saturated rings. The fourth-order valence-corrected chi connectivity index (χ4v) is 2.65. The van der Waals surface area contributed by atoms with Gasteiger partial charge in [-0.2, -0.15) is 0 Å². The Hall–Kier alpha value is -2.48. The van der Waals surface area contributed by atoms with E-state index in [0.29, 0.717) is 41.9 Å². The molecule has 9 heteroatoms. The second kappa shape index (κ2) is 11.5. The van der Waals surface area contributed by atoms with Crippen molar-refractivity contribution in [1.29, 1.82) is 0 Å². The fraction of sp³-hybridized carbons (Fsp3) is 0.300. The van der Waals surface area contributed by atoms with E-state index in [1.807, 2.05) is 6.92 Å². The third-order valence-electron chi connectivity index (χ3n) is 3.66. The second-order valence-electron chi connectivity index (χ2n) is 5.85. The molecular weight excluding hydrogens is 419 g/mol. The maximum absolute atomic E-state index is 12.3. The van der Waals surface area contributed by atoms with Gasteiger partial charge in [0, 0.05) is 17.2 Å². The van der Waals surface area contributed by atoms with Gasteiger partial charge in [-0.25, -0.2) is 0 Å². The summed E-state index contributed by atoms with van der Waals surface area (Å²) in [7, 11) is 0. The predicted molar refractivity (Wildman–Crippen MR) is 111 cm³/mol. The lowest BCUT2D eigenvalue weighted by molar-refractivity contribution is -0.128. The van der Waals surface area contributed by atoms with Crippen LogP contribution in [0.1, 0.15) is 24.2 Å². The van der Waals surface area contributed by atoms with Crippen molar-refractivity contribution in [1.82, 2.24) is 10.9 Å². The summed E-state index contributed by atoms with van der Waals surface area (Å²) in [6.07, 6.45) is -0.901. The van der Waals surface area contributed by atoms with Crippen LogP contribution in [-0.2, 0) is 9.53 Å². The molecule has 1 atom stereocenters. The fourth-order valence-electron chi connectivity index (χ4n) is 2.20. The summed E-state index contributed by atoms with van der Waals surface area (Å²) in [5.41, 5.74) is 4.98. The largest absolute Gasteiger partial charge is 0.491 e. The number of rotatable bonds is 9. The normalized spacial score (nSPS) is 11.4.